The SMILES string of the molecule is COC(=O)c1cccn1C1CCN(CCN2CCCCC2)CC1. The molecule has 1 aromatic heterocycles. The van der Waals surface area contributed by atoms with Gasteiger partial charge in [0.15, 0.2) is 0 Å². The Bertz CT molecular complexity index is 500. The zero-order valence-corrected chi connectivity index (χ0v) is 14.2. The van der Waals surface area contributed by atoms with Crippen LogP contribution in [0.3, 0.4) is 0 Å². The van der Waals surface area contributed by atoms with Gasteiger partial charge in [-0.15, -0.1) is 0 Å². The molecule has 5 nitrogen and oxygen atoms in total. The Morgan fingerprint density at radius 2 is 1.74 bits per heavy atom. The molecule has 0 aliphatic carbocycles. The largest absolute Gasteiger partial charge is 0.464 e. The molecule has 3 rings (SSSR count). The van der Waals surface area contributed by atoms with Gasteiger partial charge in [-0.25, -0.2) is 4.79 Å². The first-order valence-electron chi connectivity index (χ1n) is 8.98. The fourth-order valence-electron chi connectivity index (χ4n) is 3.88. The lowest BCUT2D eigenvalue weighted by molar-refractivity contribution is 0.0581. The number of methoxy groups -OCH3 is 1. The van der Waals surface area contributed by atoms with Crippen LogP contribution in [-0.4, -0.2) is 66.7 Å². The summed E-state index contributed by atoms with van der Waals surface area (Å²) < 4.78 is 6.98. The molecule has 0 aromatic carbocycles. The summed E-state index contributed by atoms with van der Waals surface area (Å²) in [5.41, 5.74) is 0.680. The van der Waals surface area contributed by atoms with E-state index in [0.717, 1.165) is 25.9 Å². The molecule has 0 saturated carbocycles. The van der Waals surface area contributed by atoms with E-state index in [-0.39, 0.29) is 5.97 Å². The molecule has 0 bridgehead atoms. The van der Waals surface area contributed by atoms with Crippen LogP contribution in [0.2, 0.25) is 0 Å². The number of carbonyl (C=O) groups excluding carboxylic acids is 1. The molecular weight excluding hydrogens is 290 g/mol. The maximum absolute atomic E-state index is 11.8. The number of hydrogen-bond donors (Lipinski definition) is 0. The molecule has 5 heteroatoms. The van der Waals surface area contributed by atoms with Gasteiger partial charge in [-0.05, 0) is 50.9 Å². The summed E-state index contributed by atoms with van der Waals surface area (Å²) >= 11 is 0. The highest BCUT2D eigenvalue weighted by molar-refractivity contribution is 5.87. The normalized spacial score (nSPS) is 21.4. The molecule has 2 saturated heterocycles. The van der Waals surface area contributed by atoms with Crippen LogP contribution in [0, 0.1) is 0 Å². The molecule has 2 fully saturated rings. The van der Waals surface area contributed by atoms with Crippen molar-refractivity contribution in [1.82, 2.24) is 14.4 Å². The van der Waals surface area contributed by atoms with Crippen molar-refractivity contribution in [1.29, 1.82) is 0 Å². The summed E-state index contributed by atoms with van der Waals surface area (Å²) in [7, 11) is 1.45. The maximum atomic E-state index is 11.8. The van der Waals surface area contributed by atoms with Crippen molar-refractivity contribution in [3.8, 4) is 0 Å². The lowest BCUT2D eigenvalue weighted by Crippen LogP contribution is -2.41. The zero-order chi connectivity index (χ0) is 16.1. The molecule has 0 amide bonds. The Balaban J connectivity index is 1.47. The predicted molar refractivity (Wildman–Crippen MR) is 90.8 cm³/mol. The quantitative estimate of drug-likeness (QED) is 0.781. The van der Waals surface area contributed by atoms with E-state index >= 15 is 0 Å². The number of hydrogen-bond acceptors (Lipinski definition) is 4. The molecule has 1 aromatic rings. The minimum Gasteiger partial charge on any atom is -0.464 e. The van der Waals surface area contributed by atoms with Gasteiger partial charge in [0.1, 0.15) is 5.69 Å². The summed E-state index contributed by atoms with van der Waals surface area (Å²) in [5, 5.41) is 0. The zero-order valence-electron chi connectivity index (χ0n) is 14.2. The minimum absolute atomic E-state index is 0.234. The average molecular weight is 319 g/mol. The third-order valence-corrected chi connectivity index (χ3v) is 5.31. The Morgan fingerprint density at radius 1 is 1.09 bits per heavy atom. The standard InChI is InChI=1S/C18H29N3O2/c1-23-18(22)17-6-5-11-21(17)16-7-12-20(13-8-16)15-14-19-9-3-2-4-10-19/h5-6,11,16H,2-4,7-10,12-15H2,1H3. The first-order valence-corrected chi connectivity index (χ1v) is 8.98. The number of piperidine rings is 2. The number of rotatable bonds is 5. The van der Waals surface area contributed by atoms with E-state index in [1.807, 2.05) is 18.3 Å². The van der Waals surface area contributed by atoms with Gasteiger partial charge < -0.3 is 19.1 Å². The minimum atomic E-state index is -0.234. The van der Waals surface area contributed by atoms with E-state index < -0.39 is 0 Å². The van der Waals surface area contributed by atoms with Crippen LogP contribution < -0.4 is 0 Å². The summed E-state index contributed by atoms with van der Waals surface area (Å²) in [6, 6.07) is 4.22. The van der Waals surface area contributed by atoms with Gasteiger partial charge in [0.2, 0.25) is 0 Å². The van der Waals surface area contributed by atoms with Crippen LogP contribution in [0.25, 0.3) is 0 Å². The van der Waals surface area contributed by atoms with Gasteiger partial charge in [-0.2, -0.15) is 0 Å². The summed E-state index contributed by atoms with van der Waals surface area (Å²) in [6.07, 6.45) is 8.37. The van der Waals surface area contributed by atoms with Crippen molar-refractivity contribution >= 4 is 5.97 Å². The van der Waals surface area contributed by atoms with E-state index in [2.05, 4.69) is 14.4 Å². The van der Waals surface area contributed by atoms with Gasteiger partial charge in [-0.1, -0.05) is 6.42 Å². The highest BCUT2D eigenvalue weighted by Crippen LogP contribution is 2.25. The lowest BCUT2D eigenvalue weighted by atomic mass is 10.0. The Hall–Kier alpha value is -1.33. The molecule has 0 atom stereocenters. The van der Waals surface area contributed by atoms with Gasteiger partial charge >= 0.3 is 5.97 Å². The van der Waals surface area contributed by atoms with E-state index in [1.54, 1.807) is 0 Å². The molecule has 0 spiro atoms. The number of likely N-dealkylation sites (tertiary alicyclic amines) is 2. The fraction of sp³-hybridized carbons (Fsp3) is 0.722. The van der Waals surface area contributed by atoms with Crippen LogP contribution in [0.1, 0.15) is 48.6 Å². The summed E-state index contributed by atoms with van der Waals surface area (Å²) in [6.45, 7) is 7.20. The smallest absolute Gasteiger partial charge is 0.354 e. The molecule has 2 aliphatic rings. The topological polar surface area (TPSA) is 37.7 Å². The van der Waals surface area contributed by atoms with E-state index in [9.17, 15) is 4.79 Å². The van der Waals surface area contributed by atoms with Crippen molar-refractivity contribution in [3.63, 3.8) is 0 Å². The van der Waals surface area contributed by atoms with Crippen LogP contribution in [0.4, 0.5) is 0 Å². The second-order valence-corrected chi connectivity index (χ2v) is 6.77. The fourth-order valence-corrected chi connectivity index (χ4v) is 3.88. The highest BCUT2D eigenvalue weighted by atomic mass is 16.5. The number of ether oxygens (including phenoxy) is 1. The van der Waals surface area contributed by atoms with Gasteiger partial charge in [0.25, 0.3) is 0 Å². The lowest BCUT2D eigenvalue weighted by Gasteiger charge is -2.35. The summed E-state index contributed by atoms with van der Waals surface area (Å²) in [5.74, 6) is -0.234. The van der Waals surface area contributed by atoms with Crippen LogP contribution in [0.15, 0.2) is 18.3 Å². The third-order valence-electron chi connectivity index (χ3n) is 5.31. The van der Waals surface area contributed by atoms with Crippen LogP contribution >= 0.6 is 0 Å². The molecule has 0 N–H and O–H groups in total. The molecular formula is C18H29N3O2. The molecule has 0 radical (unpaired) electrons. The molecule has 0 unspecified atom stereocenters. The second kappa shape index (κ2) is 7.97. The Morgan fingerprint density at radius 3 is 2.39 bits per heavy atom. The van der Waals surface area contributed by atoms with Crippen LogP contribution in [-0.2, 0) is 4.74 Å². The number of nitrogens with zero attached hydrogens (tertiary/aromatic N) is 3. The number of aromatic nitrogens is 1. The van der Waals surface area contributed by atoms with Gasteiger partial charge in [0, 0.05) is 38.4 Å². The number of carbonyl (C=O) groups is 1. The maximum Gasteiger partial charge on any atom is 0.354 e. The van der Waals surface area contributed by atoms with Crippen LogP contribution in [0.5, 0.6) is 0 Å². The number of esters is 1. The molecule has 2 aliphatic heterocycles. The Kier molecular flexibility index (Phi) is 5.73. The van der Waals surface area contributed by atoms with Gasteiger partial charge in [-0.3, -0.25) is 0 Å². The first-order chi connectivity index (χ1) is 11.3. The van der Waals surface area contributed by atoms with Crippen molar-refractivity contribution in [2.75, 3.05) is 46.4 Å². The van der Waals surface area contributed by atoms with E-state index in [0.29, 0.717) is 11.7 Å². The van der Waals surface area contributed by atoms with Crippen molar-refractivity contribution < 1.29 is 9.53 Å². The monoisotopic (exact) mass is 319 g/mol. The highest BCUT2D eigenvalue weighted by Gasteiger charge is 2.24. The average Bonchev–Trinajstić information content (AvgIpc) is 3.10. The third kappa shape index (κ3) is 4.15. The molecule has 23 heavy (non-hydrogen) atoms. The molecule has 128 valence electrons. The van der Waals surface area contributed by atoms with E-state index in [4.69, 9.17) is 4.74 Å². The first kappa shape index (κ1) is 16.5. The predicted octanol–water partition coefficient (Wildman–Crippen LogP) is 2.40. The Labute approximate surface area is 139 Å². The van der Waals surface area contributed by atoms with Crippen molar-refractivity contribution in [2.24, 2.45) is 0 Å². The summed E-state index contributed by atoms with van der Waals surface area (Å²) in [4.78, 5) is 17.0. The molecule has 3 heterocycles. The van der Waals surface area contributed by atoms with E-state index in [1.165, 1.54) is 52.6 Å². The van der Waals surface area contributed by atoms with Crippen molar-refractivity contribution in [3.05, 3.63) is 24.0 Å². The van der Waals surface area contributed by atoms with Gasteiger partial charge in [0.05, 0.1) is 7.11 Å². The van der Waals surface area contributed by atoms with Crippen molar-refractivity contribution in [2.45, 2.75) is 38.1 Å². The second-order valence-electron chi connectivity index (χ2n) is 6.77.